The first-order valence-electron chi connectivity index (χ1n) is 8.06. The Morgan fingerprint density at radius 2 is 1.92 bits per heavy atom. The van der Waals surface area contributed by atoms with Crippen LogP contribution in [-0.2, 0) is 12.2 Å². The Kier molecular flexibility index (Phi) is 5.46. The molecule has 0 aliphatic carbocycles. The van der Waals surface area contributed by atoms with Gasteiger partial charge in [-0.05, 0) is 36.6 Å². The van der Waals surface area contributed by atoms with Gasteiger partial charge in [0.05, 0.1) is 11.3 Å². The van der Waals surface area contributed by atoms with E-state index in [2.05, 4.69) is 35.1 Å². The lowest BCUT2D eigenvalue weighted by Crippen LogP contribution is -1.99. The lowest BCUT2D eigenvalue weighted by molar-refractivity contribution is 0.528. The van der Waals surface area contributed by atoms with Gasteiger partial charge >= 0.3 is 0 Å². The predicted molar refractivity (Wildman–Crippen MR) is 96.8 cm³/mol. The third-order valence-electron chi connectivity index (χ3n) is 3.48. The fraction of sp³-hybridized carbons (Fsp3) is 0.263. The zero-order valence-electron chi connectivity index (χ0n) is 14.1. The van der Waals surface area contributed by atoms with Gasteiger partial charge in [-0.1, -0.05) is 43.8 Å². The molecule has 0 bridgehead atoms. The fourth-order valence-electron chi connectivity index (χ4n) is 2.35. The summed E-state index contributed by atoms with van der Waals surface area (Å²) in [6.45, 7) is 4.30. The van der Waals surface area contributed by atoms with Crippen LogP contribution < -0.4 is 0 Å². The molecule has 0 spiro atoms. The predicted octanol–water partition coefficient (Wildman–Crippen LogP) is 4.49. The van der Waals surface area contributed by atoms with Crippen LogP contribution in [0.5, 0.6) is 0 Å². The Hall–Kier alpha value is -2.65. The van der Waals surface area contributed by atoms with E-state index < -0.39 is 0 Å². The van der Waals surface area contributed by atoms with E-state index in [1.54, 1.807) is 0 Å². The second kappa shape index (κ2) is 7.95. The Morgan fingerprint density at radius 3 is 2.64 bits per heavy atom. The molecule has 6 heteroatoms. The third kappa shape index (κ3) is 4.46. The van der Waals surface area contributed by atoms with Crippen molar-refractivity contribution in [2.45, 2.75) is 31.0 Å². The normalized spacial score (nSPS) is 10.8. The molecule has 0 unspecified atom stereocenters. The molecule has 3 rings (SSSR count). The minimum Gasteiger partial charge on any atom is -0.420 e. The molecule has 25 heavy (non-hydrogen) atoms. The van der Waals surface area contributed by atoms with Crippen LogP contribution in [0, 0.1) is 17.2 Å². The number of rotatable bonds is 6. The van der Waals surface area contributed by atoms with E-state index in [1.165, 1.54) is 11.8 Å². The van der Waals surface area contributed by atoms with Crippen molar-refractivity contribution in [3.05, 3.63) is 59.6 Å². The molecule has 2 heterocycles. The summed E-state index contributed by atoms with van der Waals surface area (Å²) >= 11 is 1.44. The molecule has 0 atom stereocenters. The van der Waals surface area contributed by atoms with Gasteiger partial charge in [0.25, 0.3) is 0 Å². The summed E-state index contributed by atoms with van der Waals surface area (Å²) in [7, 11) is 0. The summed E-state index contributed by atoms with van der Waals surface area (Å²) in [5, 5.41) is 18.2. The van der Waals surface area contributed by atoms with Gasteiger partial charge in [0.1, 0.15) is 11.1 Å². The number of benzene rings is 1. The van der Waals surface area contributed by atoms with Gasteiger partial charge in [0, 0.05) is 11.3 Å². The van der Waals surface area contributed by atoms with E-state index in [4.69, 9.17) is 4.42 Å². The first-order chi connectivity index (χ1) is 12.2. The first kappa shape index (κ1) is 17.2. The molecule has 0 radical (unpaired) electrons. The maximum Gasteiger partial charge on any atom is 0.247 e. The minimum atomic E-state index is 0.479. The van der Waals surface area contributed by atoms with Crippen LogP contribution in [0.15, 0.2) is 51.9 Å². The van der Waals surface area contributed by atoms with Crippen LogP contribution in [0.25, 0.3) is 11.5 Å². The lowest BCUT2D eigenvalue weighted by Gasteiger charge is -2.07. The maximum absolute atomic E-state index is 9.29. The summed E-state index contributed by atoms with van der Waals surface area (Å²) in [5.41, 5.74) is 2.45. The van der Waals surface area contributed by atoms with Gasteiger partial charge in [-0.15, -0.1) is 10.2 Å². The van der Waals surface area contributed by atoms with Gasteiger partial charge in [0.2, 0.25) is 11.8 Å². The largest absolute Gasteiger partial charge is 0.420 e. The van der Waals surface area contributed by atoms with Crippen LogP contribution in [0.4, 0.5) is 0 Å². The monoisotopic (exact) mass is 350 g/mol. The molecule has 5 nitrogen and oxygen atoms in total. The maximum atomic E-state index is 9.29. The molecule has 0 saturated carbocycles. The van der Waals surface area contributed by atoms with Gasteiger partial charge in [-0.25, -0.2) is 4.98 Å². The van der Waals surface area contributed by atoms with Gasteiger partial charge in [0.15, 0.2) is 0 Å². The molecule has 0 amide bonds. The standard InChI is InChI=1S/C19H18N4OS/c1-13(2)10-16-9-8-15(11-20)19(21-16)25-12-17-22-23-18(24-17)14-6-4-3-5-7-14/h3-9,13H,10,12H2,1-2H3. The van der Waals surface area contributed by atoms with Crippen molar-refractivity contribution >= 4 is 11.8 Å². The highest BCUT2D eigenvalue weighted by atomic mass is 32.2. The number of pyridine rings is 1. The molecule has 1 aromatic carbocycles. The van der Waals surface area contributed by atoms with E-state index in [1.807, 2.05) is 42.5 Å². The van der Waals surface area contributed by atoms with Crippen molar-refractivity contribution in [2.75, 3.05) is 0 Å². The SMILES string of the molecule is CC(C)Cc1ccc(C#N)c(SCc2nnc(-c3ccccc3)o2)n1. The topological polar surface area (TPSA) is 75.6 Å². The number of hydrogen-bond acceptors (Lipinski definition) is 6. The van der Waals surface area contributed by atoms with E-state index >= 15 is 0 Å². The zero-order chi connectivity index (χ0) is 17.6. The Labute approximate surface area is 151 Å². The van der Waals surface area contributed by atoms with Crippen LogP contribution >= 0.6 is 11.8 Å². The van der Waals surface area contributed by atoms with Gasteiger partial charge < -0.3 is 4.42 Å². The Balaban J connectivity index is 1.73. The van der Waals surface area contributed by atoms with Crippen molar-refractivity contribution in [3.8, 4) is 17.5 Å². The van der Waals surface area contributed by atoms with Crippen LogP contribution in [0.3, 0.4) is 0 Å². The molecule has 0 aliphatic heterocycles. The molecular formula is C19H18N4OS. The second-order valence-electron chi connectivity index (χ2n) is 6.02. The van der Waals surface area contributed by atoms with Crippen molar-refractivity contribution in [1.82, 2.24) is 15.2 Å². The summed E-state index contributed by atoms with van der Waals surface area (Å²) in [6.07, 6.45) is 0.887. The van der Waals surface area contributed by atoms with Crippen molar-refractivity contribution in [1.29, 1.82) is 5.26 Å². The first-order valence-corrected chi connectivity index (χ1v) is 9.05. The quantitative estimate of drug-likeness (QED) is 0.610. The molecular weight excluding hydrogens is 332 g/mol. The van der Waals surface area contributed by atoms with Crippen molar-refractivity contribution in [3.63, 3.8) is 0 Å². The molecule has 0 saturated heterocycles. The Morgan fingerprint density at radius 1 is 1.12 bits per heavy atom. The van der Waals surface area contributed by atoms with Crippen LogP contribution in [0.2, 0.25) is 0 Å². The molecule has 2 aromatic heterocycles. The summed E-state index contributed by atoms with van der Waals surface area (Å²) < 4.78 is 5.71. The summed E-state index contributed by atoms with van der Waals surface area (Å²) in [4.78, 5) is 4.61. The number of thioether (sulfide) groups is 1. The highest BCUT2D eigenvalue weighted by Gasteiger charge is 2.12. The number of hydrogen-bond donors (Lipinski definition) is 0. The Bertz CT molecular complexity index is 884. The molecule has 0 aliphatic rings. The van der Waals surface area contributed by atoms with Crippen LogP contribution in [-0.4, -0.2) is 15.2 Å². The van der Waals surface area contributed by atoms with Crippen LogP contribution in [0.1, 0.15) is 31.0 Å². The number of nitrogens with zero attached hydrogens (tertiary/aromatic N) is 4. The van der Waals surface area contributed by atoms with E-state index in [0.29, 0.717) is 34.0 Å². The number of nitriles is 1. The smallest absolute Gasteiger partial charge is 0.247 e. The van der Waals surface area contributed by atoms with E-state index in [0.717, 1.165) is 17.7 Å². The highest BCUT2D eigenvalue weighted by molar-refractivity contribution is 7.98. The van der Waals surface area contributed by atoms with Crippen molar-refractivity contribution in [2.24, 2.45) is 5.92 Å². The van der Waals surface area contributed by atoms with E-state index in [9.17, 15) is 5.26 Å². The minimum absolute atomic E-state index is 0.479. The van der Waals surface area contributed by atoms with Crippen molar-refractivity contribution < 1.29 is 4.42 Å². The summed E-state index contributed by atoms with van der Waals surface area (Å²) in [5.74, 6) is 2.01. The summed E-state index contributed by atoms with van der Waals surface area (Å²) in [6, 6.07) is 15.6. The average Bonchev–Trinajstić information content (AvgIpc) is 3.09. The highest BCUT2D eigenvalue weighted by Crippen LogP contribution is 2.26. The van der Waals surface area contributed by atoms with E-state index in [-0.39, 0.29) is 0 Å². The fourth-order valence-corrected chi connectivity index (χ4v) is 3.17. The second-order valence-corrected chi connectivity index (χ2v) is 6.98. The molecule has 126 valence electrons. The number of aromatic nitrogens is 3. The third-order valence-corrected chi connectivity index (χ3v) is 4.45. The molecule has 0 fully saturated rings. The molecule has 0 N–H and O–H groups in total. The molecule has 3 aromatic rings. The zero-order valence-corrected chi connectivity index (χ0v) is 15.0. The lowest BCUT2D eigenvalue weighted by atomic mass is 10.1. The van der Waals surface area contributed by atoms with Gasteiger partial charge in [-0.3, -0.25) is 0 Å². The average molecular weight is 350 g/mol. The van der Waals surface area contributed by atoms with Gasteiger partial charge in [-0.2, -0.15) is 5.26 Å².